The molecule has 0 saturated carbocycles. The second-order valence-corrected chi connectivity index (χ2v) is 17.8. The maximum atomic E-state index is 14.1. The topological polar surface area (TPSA) is 175 Å². The number of hydrogen-bond donors (Lipinski definition) is 4. The van der Waals surface area contributed by atoms with Gasteiger partial charge in [0.25, 0.3) is 0 Å². The van der Waals surface area contributed by atoms with Crippen LogP contribution in [-0.4, -0.2) is 92.1 Å². The molecule has 14 nitrogen and oxygen atoms in total. The van der Waals surface area contributed by atoms with Crippen LogP contribution in [0.15, 0.2) is 73.1 Å². The molecule has 0 aliphatic carbocycles. The molecule has 2 aliphatic rings. The molecule has 8 atom stereocenters. The van der Waals surface area contributed by atoms with E-state index in [4.69, 9.17) is 19.4 Å². The SMILES string of the molecule is COC(=O)N[C@H](C(=O)N1C(C)[C@H](C)C[C@H]1c1ncc(-c2ccc(-c3cccc4c(-c5cnc([C@@H]6C[C@@H](C)C(C)N6C(=O)[C@@H](NC(=O)OC)C(C)C)[nH]5)cccc34)cc2)[nH]1)C(C)C. The first-order valence-corrected chi connectivity index (χ1v) is 21.7. The molecule has 2 aromatic heterocycles. The number of nitrogens with one attached hydrogen (secondary N) is 4. The second kappa shape index (κ2) is 18.0. The predicted octanol–water partition coefficient (Wildman–Crippen LogP) is 8.64. The number of fused-ring (bicyclic) bond motifs is 1. The standard InChI is InChI=1S/C48H60N8O6/c1-25(2)41(53-47(59)61-9)45(57)55-29(7)27(5)21-39(55)43-49-23-37(51-43)32-19-17-31(18-20-32)33-13-11-15-35-34(33)14-12-16-36(35)38-24-50-44(52-38)40-22-28(6)30(8)56(40)46(58)42(26(3)4)54-48(60)62-10/h11-20,23-30,39-42H,21-22H2,1-10H3,(H,49,51)(H,50,52)(H,53,59)(H,54,60)/t27-,28-,29?,30?,39+,40+,41+,42+/m1/s1. The Hall–Kier alpha value is -6.18. The van der Waals surface area contributed by atoms with Gasteiger partial charge in [-0.25, -0.2) is 19.6 Å². The van der Waals surface area contributed by atoms with Crippen LogP contribution in [0, 0.1) is 23.7 Å². The van der Waals surface area contributed by atoms with Gasteiger partial charge in [-0.3, -0.25) is 9.59 Å². The lowest BCUT2D eigenvalue weighted by atomic mass is 9.94. The Balaban J connectivity index is 1.12. The fourth-order valence-electron chi connectivity index (χ4n) is 9.28. The van der Waals surface area contributed by atoms with Crippen molar-refractivity contribution in [2.45, 2.75) is 104 Å². The minimum absolute atomic E-state index is 0.0422. The van der Waals surface area contributed by atoms with Crippen LogP contribution in [0.1, 0.15) is 92.0 Å². The van der Waals surface area contributed by atoms with Crippen LogP contribution >= 0.6 is 0 Å². The highest BCUT2D eigenvalue weighted by Crippen LogP contribution is 2.42. The van der Waals surface area contributed by atoms with Crippen LogP contribution in [0.25, 0.3) is 44.4 Å². The molecule has 2 unspecified atom stereocenters. The Morgan fingerprint density at radius 1 is 0.613 bits per heavy atom. The number of imidazole rings is 2. The van der Waals surface area contributed by atoms with E-state index in [1.807, 2.05) is 49.9 Å². The van der Waals surface area contributed by atoms with Crippen LogP contribution in [0.2, 0.25) is 0 Å². The first-order valence-electron chi connectivity index (χ1n) is 21.7. The van der Waals surface area contributed by atoms with Crippen molar-refractivity contribution < 1.29 is 28.7 Å². The molecule has 62 heavy (non-hydrogen) atoms. The maximum absolute atomic E-state index is 14.1. The summed E-state index contributed by atoms with van der Waals surface area (Å²) < 4.78 is 9.66. The number of carbonyl (C=O) groups excluding carboxylic acids is 4. The fraction of sp³-hybridized carbons (Fsp3) is 0.458. The summed E-state index contributed by atoms with van der Waals surface area (Å²) in [7, 11) is 2.59. The van der Waals surface area contributed by atoms with Crippen LogP contribution in [0.3, 0.4) is 0 Å². The average molecular weight is 845 g/mol. The summed E-state index contributed by atoms with van der Waals surface area (Å²) in [6.07, 6.45) is 3.89. The predicted molar refractivity (Wildman–Crippen MR) is 239 cm³/mol. The maximum Gasteiger partial charge on any atom is 0.407 e. The zero-order valence-electron chi connectivity index (χ0n) is 37.4. The molecule has 4 amide bonds. The van der Waals surface area contributed by atoms with Gasteiger partial charge in [-0.05, 0) is 77.8 Å². The highest BCUT2D eigenvalue weighted by atomic mass is 16.5. The number of rotatable bonds is 11. The molecule has 2 fully saturated rings. The normalized spacial score (nSPS) is 22.3. The van der Waals surface area contributed by atoms with Gasteiger partial charge in [0.2, 0.25) is 11.8 Å². The largest absolute Gasteiger partial charge is 0.453 e. The van der Waals surface area contributed by atoms with Crippen molar-refractivity contribution in [3.63, 3.8) is 0 Å². The average Bonchev–Trinajstić information content (AvgIpc) is 4.07. The van der Waals surface area contributed by atoms with Gasteiger partial charge in [0.05, 0.1) is 50.1 Å². The molecule has 3 aromatic carbocycles. The van der Waals surface area contributed by atoms with Crippen molar-refractivity contribution >= 4 is 34.8 Å². The summed E-state index contributed by atoms with van der Waals surface area (Å²) in [5, 5.41) is 7.64. The monoisotopic (exact) mass is 844 g/mol. The van der Waals surface area contributed by atoms with Crippen LogP contribution in [-0.2, 0) is 19.1 Å². The number of nitrogens with zero attached hydrogens (tertiary/aromatic N) is 4. The van der Waals surface area contributed by atoms with Gasteiger partial charge in [-0.15, -0.1) is 0 Å². The molecule has 14 heteroatoms. The van der Waals surface area contributed by atoms with E-state index in [1.54, 1.807) is 0 Å². The first kappa shape index (κ1) is 43.9. The molecular formula is C48H60N8O6. The first-order chi connectivity index (χ1) is 29.6. The zero-order valence-corrected chi connectivity index (χ0v) is 37.4. The zero-order chi connectivity index (χ0) is 44.6. The lowest BCUT2D eigenvalue weighted by Crippen LogP contribution is -2.53. The summed E-state index contributed by atoms with van der Waals surface area (Å²) in [4.78, 5) is 72.9. The summed E-state index contributed by atoms with van der Waals surface area (Å²) in [6.45, 7) is 16.0. The van der Waals surface area contributed by atoms with Crippen LogP contribution in [0.4, 0.5) is 9.59 Å². The number of methoxy groups -OCH3 is 2. The van der Waals surface area contributed by atoms with Gasteiger partial charge in [-0.2, -0.15) is 0 Å². The number of hydrogen-bond acceptors (Lipinski definition) is 8. The molecule has 2 aliphatic heterocycles. The lowest BCUT2D eigenvalue weighted by Gasteiger charge is -2.33. The Morgan fingerprint density at radius 3 is 1.50 bits per heavy atom. The molecule has 5 aromatic rings. The Labute approximate surface area is 363 Å². The Kier molecular flexibility index (Phi) is 12.8. The van der Waals surface area contributed by atoms with Crippen molar-refractivity contribution in [3.05, 3.63) is 84.7 Å². The molecule has 4 heterocycles. The molecule has 2 saturated heterocycles. The fourth-order valence-corrected chi connectivity index (χ4v) is 9.28. The van der Waals surface area contributed by atoms with Gasteiger partial charge in [-0.1, -0.05) is 102 Å². The van der Waals surface area contributed by atoms with E-state index < -0.39 is 24.3 Å². The quantitative estimate of drug-likeness (QED) is 0.102. The second-order valence-electron chi connectivity index (χ2n) is 17.8. The van der Waals surface area contributed by atoms with Crippen molar-refractivity contribution in [2.24, 2.45) is 23.7 Å². The molecule has 0 spiro atoms. The number of ether oxygens (including phenoxy) is 2. The molecule has 7 rings (SSSR count). The van der Waals surface area contributed by atoms with Crippen LogP contribution in [0.5, 0.6) is 0 Å². The van der Waals surface area contributed by atoms with E-state index >= 15 is 0 Å². The minimum Gasteiger partial charge on any atom is -0.453 e. The number of benzene rings is 3. The van der Waals surface area contributed by atoms with Crippen LogP contribution < -0.4 is 10.6 Å². The third-order valence-electron chi connectivity index (χ3n) is 13.2. The third-order valence-corrected chi connectivity index (χ3v) is 13.2. The molecule has 328 valence electrons. The highest BCUT2D eigenvalue weighted by molar-refractivity contribution is 6.04. The number of carbonyl (C=O) groups is 4. The van der Waals surface area contributed by atoms with E-state index in [9.17, 15) is 19.2 Å². The minimum atomic E-state index is -0.732. The summed E-state index contributed by atoms with van der Waals surface area (Å²) in [5.41, 5.74) is 5.80. The number of amides is 4. The van der Waals surface area contributed by atoms with Crippen molar-refractivity contribution in [1.29, 1.82) is 0 Å². The number of likely N-dealkylation sites (tertiary alicyclic amines) is 2. The Bertz CT molecular complexity index is 2420. The number of aromatic nitrogens is 4. The highest BCUT2D eigenvalue weighted by Gasteiger charge is 2.46. The summed E-state index contributed by atoms with van der Waals surface area (Å²) in [6, 6.07) is 18.9. The van der Waals surface area contributed by atoms with E-state index in [0.717, 1.165) is 57.3 Å². The summed E-state index contributed by atoms with van der Waals surface area (Å²) in [5.74, 6) is 1.31. The molecule has 0 radical (unpaired) electrons. The van der Waals surface area contributed by atoms with E-state index in [0.29, 0.717) is 11.6 Å². The van der Waals surface area contributed by atoms with Gasteiger partial charge in [0, 0.05) is 17.6 Å². The van der Waals surface area contributed by atoms with Crippen molar-refractivity contribution in [2.75, 3.05) is 14.2 Å². The van der Waals surface area contributed by atoms with Gasteiger partial charge in [0.1, 0.15) is 23.7 Å². The number of alkyl carbamates (subject to hydrolysis) is 2. The molecule has 4 N–H and O–H groups in total. The smallest absolute Gasteiger partial charge is 0.407 e. The number of H-pyrrole nitrogens is 2. The van der Waals surface area contributed by atoms with E-state index in [2.05, 4.69) is 109 Å². The van der Waals surface area contributed by atoms with Gasteiger partial charge >= 0.3 is 12.2 Å². The molecule has 0 bridgehead atoms. The Morgan fingerprint density at radius 2 is 1.03 bits per heavy atom. The van der Waals surface area contributed by atoms with E-state index in [1.165, 1.54) is 14.2 Å². The van der Waals surface area contributed by atoms with E-state index in [-0.39, 0.29) is 59.7 Å². The van der Waals surface area contributed by atoms with Crippen molar-refractivity contribution in [3.8, 4) is 33.6 Å². The van der Waals surface area contributed by atoms with Gasteiger partial charge in [0.15, 0.2) is 0 Å². The van der Waals surface area contributed by atoms with Crippen molar-refractivity contribution in [1.82, 2.24) is 40.4 Å². The third kappa shape index (κ3) is 8.38. The number of aromatic amines is 2. The lowest BCUT2D eigenvalue weighted by molar-refractivity contribution is -0.138. The summed E-state index contributed by atoms with van der Waals surface area (Å²) >= 11 is 0. The van der Waals surface area contributed by atoms with Gasteiger partial charge < -0.3 is 39.9 Å². The molecular weight excluding hydrogens is 785 g/mol.